The number of piperazine rings is 1. The van der Waals surface area contributed by atoms with Crippen LogP contribution in [0.4, 0.5) is 0 Å². The van der Waals surface area contributed by atoms with Gasteiger partial charge in [-0.1, -0.05) is 49.4 Å². The monoisotopic (exact) mass is 388 g/mol. The number of benzene rings is 2. The first-order chi connectivity index (χ1) is 12.6. The first-order valence-corrected chi connectivity index (χ1v) is 9.30. The summed E-state index contributed by atoms with van der Waals surface area (Å²) in [6, 6.07) is 16.3. The van der Waals surface area contributed by atoms with Crippen molar-refractivity contribution in [2.75, 3.05) is 26.7 Å². The molecule has 2 unspecified atom stereocenters. The molecule has 0 spiro atoms. The summed E-state index contributed by atoms with van der Waals surface area (Å²) in [5, 5.41) is 3.41. The minimum absolute atomic E-state index is 0. The lowest BCUT2D eigenvalue weighted by atomic mass is 9.92. The van der Waals surface area contributed by atoms with E-state index in [0.29, 0.717) is 6.42 Å². The summed E-state index contributed by atoms with van der Waals surface area (Å²) in [6.07, 6.45) is 0.524. The molecule has 3 rings (SSSR count). The molecule has 27 heavy (non-hydrogen) atoms. The van der Waals surface area contributed by atoms with Crippen molar-refractivity contribution in [1.82, 2.24) is 10.2 Å². The van der Waals surface area contributed by atoms with E-state index in [1.54, 1.807) is 7.11 Å². The summed E-state index contributed by atoms with van der Waals surface area (Å²) in [5.74, 6) is 1.25. The Bertz CT molecular complexity index is 765. The largest absolute Gasteiger partial charge is 0.496 e. The summed E-state index contributed by atoms with van der Waals surface area (Å²) in [7, 11) is 1.68. The van der Waals surface area contributed by atoms with Crippen molar-refractivity contribution in [3.05, 3.63) is 65.2 Å². The van der Waals surface area contributed by atoms with E-state index in [1.165, 1.54) is 11.1 Å². The fourth-order valence-electron chi connectivity index (χ4n) is 3.85. The number of nitrogens with one attached hydrogen (secondary N) is 1. The van der Waals surface area contributed by atoms with Gasteiger partial charge in [0, 0.05) is 31.6 Å². The molecule has 1 saturated heterocycles. The minimum Gasteiger partial charge on any atom is -0.496 e. The van der Waals surface area contributed by atoms with Crippen LogP contribution in [0.1, 0.15) is 42.0 Å². The predicted octanol–water partition coefficient (Wildman–Crippen LogP) is 4.09. The number of halogens is 1. The van der Waals surface area contributed by atoms with Crippen LogP contribution in [-0.2, 0) is 4.79 Å². The molecule has 146 valence electrons. The van der Waals surface area contributed by atoms with E-state index in [-0.39, 0.29) is 30.3 Å². The summed E-state index contributed by atoms with van der Waals surface area (Å²) in [4.78, 5) is 15.2. The molecule has 1 N–H and O–H groups in total. The van der Waals surface area contributed by atoms with Crippen LogP contribution in [0.25, 0.3) is 0 Å². The molecule has 0 aliphatic carbocycles. The van der Waals surface area contributed by atoms with Crippen LogP contribution in [0.3, 0.4) is 0 Å². The second-order valence-corrected chi connectivity index (χ2v) is 7.01. The molecule has 1 aliphatic rings. The molecule has 1 aliphatic heterocycles. The van der Waals surface area contributed by atoms with Crippen LogP contribution < -0.4 is 10.1 Å². The van der Waals surface area contributed by atoms with E-state index < -0.39 is 0 Å². The average Bonchev–Trinajstić information content (AvgIpc) is 2.68. The fraction of sp³-hybridized carbons (Fsp3) is 0.409. The number of amides is 1. The van der Waals surface area contributed by atoms with Gasteiger partial charge in [-0.2, -0.15) is 0 Å². The van der Waals surface area contributed by atoms with Gasteiger partial charge in [0.15, 0.2) is 0 Å². The standard InChI is InChI=1S/C22H28N2O2.ClH/c1-16-8-4-5-9-18(16)17(2)14-22(25)24-13-12-23-15-20(24)19-10-6-7-11-21(19)26-3;/h4-11,17,20,23H,12-15H2,1-3H3;1H. The Hall–Kier alpha value is -2.04. The highest BCUT2D eigenvalue weighted by atomic mass is 35.5. The van der Waals surface area contributed by atoms with Crippen molar-refractivity contribution in [1.29, 1.82) is 0 Å². The van der Waals surface area contributed by atoms with Gasteiger partial charge in [-0.3, -0.25) is 4.79 Å². The SMILES string of the molecule is COc1ccccc1C1CNCCN1C(=O)CC(C)c1ccccc1C.Cl. The van der Waals surface area contributed by atoms with Crippen LogP contribution in [0.2, 0.25) is 0 Å². The number of aryl methyl sites for hydroxylation is 1. The van der Waals surface area contributed by atoms with E-state index in [4.69, 9.17) is 4.74 Å². The zero-order valence-electron chi connectivity index (χ0n) is 16.3. The highest BCUT2D eigenvalue weighted by Gasteiger charge is 2.30. The maximum Gasteiger partial charge on any atom is 0.223 e. The lowest BCUT2D eigenvalue weighted by Gasteiger charge is -2.37. The molecular weight excluding hydrogens is 360 g/mol. The molecule has 5 heteroatoms. The van der Waals surface area contributed by atoms with Crippen molar-refractivity contribution in [2.24, 2.45) is 0 Å². The second-order valence-electron chi connectivity index (χ2n) is 7.01. The number of para-hydroxylation sites is 1. The zero-order chi connectivity index (χ0) is 18.5. The van der Waals surface area contributed by atoms with Crippen molar-refractivity contribution in [3.63, 3.8) is 0 Å². The van der Waals surface area contributed by atoms with Gasteiger partial charge in [0.1, 0.15) is 5.75 Å². The molecule has 2 aromatic carbocycles. The number of ether oxygens (including phenoxy) is 1. The maximum atomic E-state index is 13.1. The highest BCUT2D eigenvalue weighted by molar-refractivity contribution is 5.85. The number of nitrogens with zero attached hydrogens (tertiary/aromatic N) is 1. The van der Waals surface area contributed by atoms with Gasteiger partial charge in [-0.15, -0.1) is 12.4 Å². The van der Waals surface area contributed by atoms with Crippen LogP contribution in [0.15, 0.2) is 48.5 Å². The number of hydrogen-bond acceptors (Lipinski definition) is 3. The minimum atomic E-state index is 0. The van der Waals surface area contributed by atoms with Crippen LogP contribution in [0.5, 0.6) is 5.75 Å². The number of carbonyl (C=O) groups excluding carboxylic acids is 1. The van der Waals surface area contributed by atoms with Crippen molar-refractivity contribution in [3.8, 4) is 5.75 Å². The van der Waals surface area contributed by atoms with E-state index in [9.17, 15) is 4.79 Å². The van der Waals surface area contributed by atoms with E-state index in [0.717, 1.165) is 30.9 Å². The Labute approximate surface area is 168 Å². The van der Waals surface area contributed by atoms with E-state index in [2.05, 4.69) is 37.4 Å². The normalized spacial score (nSPS) is 17.7. The molecule has 2 aromatic rings. The van der Waals surface area contributed by atoms with Gasteiger partial charge < -0.3 is 15.0 Å². The van der Waals surface area contributed by atoms with Gasteiger partial charge in [-0.05, 0) is 30.0 Å². The van der Waals surface area contributed by atoms with Crippen molar-refractivity contribution >= 4 is 18.3 Å². The maximum absolute atomic E-state index is 13.1. The molecule has 0 radical (unpaired) electrons. The Morgan fingerprint density at radius 2 is 1.93 bits per heavy atom. The molecule has 0 bridgehead atoms. The van der Waals surface area contributed by atoms with Crippen molar-refractivity contribution in [2.45, 2.75) is 32.2 Å². The number of rotatable bonds is 5. The van der Waals surface area contributed by atoms with Crippen LogP contribution in [-0.4, -0.2) is 37.6 Å². The van der Waals surface area contributed by atoms with Crippen LogP contribution in [0, 0.1) is 6.92 Å². The van der Waals surface area contributed by atoms with Gasteiger partial charge >= 0.3 is 0 Å². The fourth-order valence-corrected chi connectivity index (χ4v) is 3.85. The smallest absolute Gasteiger partial charge is 0.223 e. The first kappa shape index (κ1) is 21.3. The molecule has 1 amide bonds. The van der Waals surface area contributed by atoms with Gasteiger partial charge in [0.25, 0.3) is 0 Å². The molecule has 1 heterocycles. The van der Waals surface area contributed by atoms with Crippen molar-refractivity contribution < 1.29 is 9.53 Å². The third-order valence-electron chi connectivity index (χ3n) is 5.26. The van der Waals surface area contributed by atoms with Gasteiger partial charge in [0.05, 0.1) is 13.2 Å². The number of methoxy groups -OCH3 is 1. The number of carbonyl (C=O) groups is 1. The molecule has 0 saturated carbocycles. The van der Waals surface area contributed by atoms with E-state index in [1.807, 2.05) is 35.2 Å². The Morgan fingerprint density at radius 1 is 1.22 bits per heavy atom. The van der Waals surface area contributed by atoms with Gasteiger partial charge in [0.2, 0.25) is 5.91 Å². The lowest BCUT2D eigenvalue weighted by Crippen LogP contribution is -2.49. The summed E-state index contributed by atoms with van der Waals surface area (Å²) >= 11 is 0. The number of hydrogen-bond donors (Lipinski definition) is 1. The van der Waals surface area contributed by atoms with Gasteiger partial charge in [-0.25, -0.2) is 0 Å². The molecule has 0 aromatic heterocycles. The third-order valence-corrected chi connectivity index (χ3v) is 5.26. The highest BCUT2D eigenvalue weighted by Crippen LogP contribution is 2.32. The summed E-state index contributed by atoms with van der Waals surface area (Å²) in [6.45, 7) is 6.56. The molecule has 4 nitrogen and oxygen atoms in total. The Morgan fingerprint density at radius 3 is 2.67 bits per heavy atom. The summed E-state index contributed by atoms with van der Waals surface area (Å²) in [5.41, 5.74) is 3.57. The average molecular weight is 389 g/mol. The van der Waals surface area contributed by atoms with Crippen LogP contribution >= 0.6 is 12.4 Å². The Balaban J connectivity index is 0.00000261. The Kier molecular flexibility index (Phi) is 7.69. The first-order valence-electron chi connectivity index (χ1n) is 9.30. The topological polar surface area (TPSA) is 41.6 Å². The summed E-state index contributed by atoms with van der Waals surface area (Å²) < 4.78 is 5.53. The molecule has 2 atom stereocenters. The zero-order valence-corrected chi connectivity index (χ0v) is 17.1. The second kappa shape index (κ2) is 9.77. The predicted molar refractivity (Wildman–Crippen MR) is 112 cm³/mol. The third kappa shape index (κ3) is 4.82. The van der Waals surface area contributed by atoms with E-state index >= 15 is 0 Å². The quantitative estimate of drug-likeness (QED) is 0.838. The lowest BCUT2D eigenvalue weighted by molar-refractivity contribution is -0.134. The molecular formula is C22H29ClN2O2. The molecule has 1 fully saturated rings.